The second kappa shape index (κ2) is 8.68. The molecule has 2 aliphatic rings. The minimum absolute atomic E-state index is 0.109. The van der Waals surface area contributed by atoms with E-state index in [-0.39, 0.29) is 5.91 Å². The quantitative estimate of drug-likeness (QED) is 0.837. The highest BCUT2D eigenvalue weighted by molar-refractivity contribution is 5.98. The number of piperidine rings is 1. The fourth-order valence-electron chi connectivity index (χ4n) is 4.78. The molecule has 1 aromatic carbocycles. The third-order valence-electron chi connectivity index (χ3n) is 6.59. The number of amides is 2. The van der Waals surface area contributed by atoms with Crippen LogP contribution >= 0.6 is 0 Å². The zero-order valence-electron chi connectivity index (χ0n) is 18.0. The van der Waals surface area contributed by atoms with E-state index in [0.29, 0.717) is 25.0 Å². The number of hydrogen-bond acceptors (Lipinski definition) is 3. The molecule has 1 unspecified atom stereocenters. The van der Waals surface area contributed by atoms with Gasteiger partial charge in [-0.3, -0.25) is 9.69 Å². The molecule has 7 heteroatoms. The van der Waals surface area contributed by atoms with Gasteiger partial charge in [-0.05, 0) is 56.9 Å². The van der Waals surface area contributed by atoms with Crippen molar-refractivity contribution in [1.82, 2.24) is 19.3 Å². The lowest BCUT2D eigenvalue weighted by atomic mass is 9.98. The standard InChI is InChI=1S/C23H32N4O3/c1-17(2)24-10-12-25(13-11-24)22(28)20-5-6-21-19(14-20)7-9-26(21)15-18-4-3-8-27(16-18)23(29)30/h5-7,9,14,17-18H,3-4,8,10-13,15-16H2,1-2H3,(H,29,30). The van der Waals surface area contributed by atoms with Crippen LogP contribution in [0, 0.1) is 5.92 Å². The summed E-state index contributed by atoms with van der Waals surface area (Å²) < 4.78 is 2.20. The Hall–Kier alpha value is -2.54. The third kappa shape index (κ3) is 4.31. The Labute approximate surface area is 177 Å². The van der Waals surface area contributed by atoms with Gasteiger partial charge >= 0.3 is 6.09 Å². The molecule has 1 N–H and O–H groups in total. The van der Waals surface area contributed by atoms with Crippen LogP contribution in [0.3, 0.4) is 0 Å². The SMILES string of the molecule is CC(C)N1CCN(C(=O)c2ccc3c(ccn3CC3CCCN(C(=O)O)C3)c2)CC1. The van der Waals surface area contributed by atoms with Crippen molar-refractivity contribution in [3.63, 3.8) is 0 Å². The summed E-state index contributed by atoms with van der Waals surface area (Å²) in [6.45, 7) is 9.83. The fraction of sp³-hybridized carbons (Fsp3) is 0.565. The van der Waals surface area contributed by atoms with Gasteiger partial charge in [-0.25, -0.2) is 4.79 Å². The molecule has 2 saturated heterocycles. The molecule has 2 fully saturated rings. The van der Waals surface area contributed by atoms with Crippen LogP contribution in [-0.2, 0) is 6.54 Å². The number of fused-ring (bicyclic) bond motifs is 1. The highest BCUT2D eigenvalue weighted by Crippen LogP contribution is 2.24. The zero-order valence-corrected chi connectivity index (χ0v) is 18.0. The van der Waals surface area contributed by atoms with E-state index < -0.39 is 6.09 Å². The van der Waals surface area contributed by atoms with Gasteiger partial charge in [0.1, 0.15) is 0 Å². The molecule has 7 nitrogen and oxygen atoms in total. The first-order valence-corrected chi connectivity index (χ1v) is 11.0. The summed E-state index contributed by atoms with van der Waals surface area (Å²) in [6.07, 6.45) is 3.19. The van der Waals surface area contributed by atoms with Gasteiger partial charge < -0.3 is 19.5 Å². The zero-order chi connectivity index (χ0) is 21.3. The van der Waals surface area contributed by atoms with Crippen LogP contribution in [0.2, 0.25) is 0 Å². The van der Waals surface area contributed by atoms with Gasteiger partial charge in [-0.2, -0.15) is 0 Å². The minimum Gasteiger partial charge on any atom is -0.465 e. The molecule has 0 aliphatic carbocycles. The number of hydrogen-bond donors (Lipinski definition) is 1. The molecule has 162 valence electrons. The van der Waals surface area contributed by atoms with Crippen molar-refractivity contribution in [3.8, 4) is 0 Å². The van der Waals surface area contributed by atoms with Crippen molar-refractivity contribution in [2.75, 3.05) is 39.3 Å². The number of carboxylic acid groups (broad SMARTS) is 1. The Kier molecular flexibility index (Phi) is 5.99. The summed E-state index contributed by atoms with van der Waals surface area (Å²) in [7, 11) is 0. The number of benzene rings is 1. The van der Waals surface area contributed by atoms with Gasteiger partial charge in [0.05, 0.1) is 0 Å². The van der Waals surface area contributed by atoms with Gasteiger partial charge in [0.25, 0.3) is 5.91 Å². The predicted molar refractivity (Wildman–Crippen MR) is 117 cm³/mol. The van der Waals surface area contributed by atoms with Crippen molar-refractivity contribution in [2.24, 2.45) is 5.92 Å². The molecule has 2 aliphatic heterocycles. The van der Waals surface area contributed by atoms with Crippen molar-refractivity contribution in [2.45, 2.75) is 39.3 Å². The van der Waals surface area contributed by atoms with Gasteiger partial charge in [-0.15, -0.1) is 0 Å². The largest absolute Gasteiger partial charge is 0.465 e. The lowest BCUT2D eigenvalue weighted by Gasteiger charge is -2.37. The Balaban J connectivity index is 1.43. The number of aromatic nitrogens is 1. The second-order valence-corrected chi connectivity index (χ2v) is 8.90. The topological polar surface area (TPSA) is 69.0 Å². The summed E-state index contributed by atoms with van der Waals surface area (Å²) in [4.78, 5) is 30.1. The lowest BCUT2D eigenvalue weighted by Crippen LogP contribution is -2.50. The predicted octanol–water partition coefficient (Wildman–Crippen LogP) is 3.20. The maximum atomic E-state index is 13.0. The highest BCUT2D eigenvalue weighted by Gasteiger charge is 2.25. The summed E-state index contributed by atoms with van der Waals surface area (Å²) in [5.74, 6) is 0.432. The van der Waals surface area contributed by atoms with Gasteiger partial charge in [0.15, 0.2) is 0 Å². The van der Waals surface area contributed by atoms with Crippen molar-refractivity contribution in [3.05, 3.63) is 36.0 Å². The Morgan fingerprint density at radius 3 is 2.53 bits per heavy atom. The lowest BCUT2D eigenvalue weighted by molar-refractivity contribution is 0.0595. The van der Waals surface area contributed by atoms with E-state index in [9.17, 15) is 14.7 Å². The average molecular weight is 413 g/mol. The van der Waals surface area contributed by atoms with Crippen LogP contribution in [-0.4, -0.2) is 81.7 Å². The maximum absolute atomic E-state index is 13.0. The molecule has 30 heavy (non-hydrogen) atoms. The van der Waals surface area contributed by atoms with E-state index in [2.05, 4.69) is 35.6 Å². The number of likely N-dealkylation sites (tertiary alicyclic amines) is 1. The summed E-state index contributed by atoms with van der Waals surface area (Å²) in [5, 5.41) is 10.3. The Morgan fingerprint density at radius 1 is 1.07 bits per heavy atom. The van der Waals surface area contributed by atoms with E-state index in [1.165, 1.54) is 4.90 Å². The molecule has 0 spiro atoms. The van der Waals surface area contributed by atoms with Crippen molar-refractivity contribution < 1.29 is 14.7 Å². The molecule has 1 atom stereocenters. The molecule has 0 radical (unpaired) electrons. The summed E-state index contributed by atoms with van der Waals surface area (Å²) in [5.41, 5.74) is 1.84. The fourth-order valence-corrected chi connectivity index (χ4v) is 4.78. The first-order valence-electron chi connectivity index (χ1n) is 11.0. The van der Waals surface area contributed by atoms with E-state index in [1.54, 1.807) is 0 Å². The molecule has 3 heterocycles. The van der Waals surface area contributed by atoms with Crippen molar-refractivity contribution in [1.29, 1.82) is 0 Å². The summed E-state index contributed by atoms with van der Waals surface area (Å²) in [6, 6.07) is 8.53. The number of carbonyl (C=O) groups excluding carboxylic acids is 1. The third-order valence-corrected chi connectivity index (χ3v) is 6.59. The molecular formula is C23H32N4O3. The van der Waals surface area contributed by atoms with Crippen LogP contribution in [0.1, 0.15) is 37.0 Å². The smallest absolute Gasteiger partial charge is 0.407 e. The molecular weight excluding hydrogens is 380 g/mol. The monoisotopic (exact) mass is 412 g/mol. The van der Waals surface area contributed by atoms with Crippen molar-refractivity contribution >= 4 is 22.9 Å². The molecule has 2 aromatic rings. The van der Waals surface area contributed by atoms with E-state index in [0.717, 1.165) is 62.0 Å². The number of carbonyl (C=O) groups is 2. The van der Waals surface area contributed by atoms with Gasteiger partial charge in [-0.1, -0.05) is 0 Å². The van der Waals surface area contributed by atoms with Crippen LogP contribution < -0.4 is 0 Å². The molecule has 1 aromatic heterocycles. The number of piperazine rings is 1. The van der Waals surface area contributed by atoms with E-state index in [4.69, 9.17) is 0 Å². The second-order valence-electron chi connectivity index (χ2n) is 8.90. The van der Waals surface area contributed by atoms with Gasteiger partial charge in [0, 0.05) is 74.5 Å². The van der Waals surface area contributed by atoms with E-state index in [1.807, 2.05) is 23.1 Å². The maximum Gasteiger partial charge on any atom is 0.407 e. The molecule has 0 saturated carbocycles. The highest BCUT2D eigenvalue weighted by atomic mass is 16.4. The number of nitrogens with zero attached hydrogens (tertiary/aromatic N) is 4. The number of rotatable bonds is 4. The molecule has 2 amide bonds. The Bertz CT molecular complexity index is 914. The van der Waals surface area contributed by atoms with Crippen LogP contribution in [0.25, 0.3) is 10.9 Å². The average Bonchev–Trinajstić information content (AvgIpc) is 3.15. The Morgan fingerprint density at radius 2 is 1.83 bits per heavy atom. The summed E-state index contributed by atoms with van der Waals surface area (Å²) >= 11 is 0. The molecule has 4 rings (SSSR count). The van der Waals surface area contributed by atoms with Crippen LogP contribution in [0.5, 0.6) is 0 Å². The van der Waals surface area contributed by atoms with Gasteiger partial charge in [0.2, 0.25) is 0 Å². The van der Waals surface area contributed by atoms with Crippen LogP contribution in [0.15, 0.2) is 30.5 Å². The molecule has 0 bridgehead atoms. The van der Waals surface area contributed by atoms with Crippen LogP contribution in [0.4, 0.5) is 4.79 Å². The first kappa shape index (κ1) is 20.7. The van der Waals surface area contributed by atoms with E-state index >= 15 is 0 Å². The minimum atomic E-state index is -0.825. The normalized spacial score (nSPS) is 20.8. The first-order chi connectivity index (χ1) is 14.4.